The van der Waals surface area contributed by atoms with E-state index in [0.29, 0.717) is 57.0 Å². The van der Waals surface area contributed by atoms with Crippen LogP contribution in [0.4, 0.5) is 8.78 Å². The Kier molecular flexibility index (Phi) is 25.0. The molecule has 0 bridgehead atoms. The van der Waals surface area contributed by atoms with Crippen molar-refractivity contribution >= 4 is 41.9 Å². The van der Waals surface area contributed by atoms with Gasteiger partial charge in [-0.1, -0.05) is 58.0 Å². The second-order valence-corrected chi connectivity index (χ2v) is 17.1. The third-order valence-corrected chi connectivity index (χ3v) is 10.4. The van der Waals surface area contributed by atoms with E-state index in [1.165, 1.54) is 4.90 Å². The Labute approximate surface area is 401 Å². The van der Waals surface area contributed by atoms with Crippen LogP contribution in [0.15, 0.2) is 60.8 Å². The number of carbonyl (C=O) groups excluding carboxylic acids is 7. The maximum Gasteiger partial charge on any atom is 0.248 e. The van der Waals surface area contributed by atoms with Crippen LogP contribution in [0, 0.1) is 17.0 Å². The summed E-state index contributed by atoms with van der Waals surface area (Å²) in [7, 11) is 0. The fourth-order valence-corrected chi connectivity index (χ4v) is 7.37. The molecule has 2 aromatic carbocycles. The summed E-state index contributed by atoms with van der Waals surface area (Å²) in [4.78, 5) is 90.5. The van der Waals surface area contributed by atoms with Crippen LogP contribution in [-0.4, -0.2) is 153 Å². The molecular formula is C48H68F2N8O11. The quantitative estimate of drug-likeness (QED) is 0.0379. The first-order chi connectivity index (χ1) is 33.0. The maximum absolute atomic E-state index is 15.1. The van der Waals surface area contributed by atoms with Crippen LogP contribution >= 0.6 is 0 Å². The second kappa shape index (κ2) is 30.3. The van der Waals surface area contributed by atoms with E-state index in [1.54, 1.807) is 19.2 Å². The Bertz CT molecular complexity index is 2120. The first-order valence-corrected chi connectivity index (χ1v) is 22.9. The van der Waals surface area contributed by atoms with Gasteiger partial charge in [-0.25, -0.2) is 8.78 Å². The van der Waals surface area contributed by atoms with Gasteiger partial charge in [0, 0.05) is 62.2 Å². The summed E-state index contributed by atoms with van der Waals surface area (Å²) in [5, 5.41) is 20.3. The fourth-order valence-electron chi connectivity index (χ4n) is 7.37. The van der Waals surface area contributed by atoms with Crippen molar-refractivity contribution in [3.05, 3.63) is 83.7 Å². The highest BCUT2D eigenvalue weighted by molar-refractivity contribution is 5.94. The zero-order valence-corrected chi connectivity index (χ0v) is 39.9. The van der Waals surface area contributed by atoms with E-state index in [0.717, 1.165) is 28.7 Å². The minimum Gasteiger partial charge on any atom is -0.387 e. The Morgan fingerprint density at radius 2 is 1.54 bits per heavy atom. The Morgan fingerprint density at radius 1 is 0.855 bits per heavy atom. The van der Waals surface area contributed by atoms with Crippen LogP contribution in [0.3, 0.4) is 0 Å². The molecule has 7 amide bonds. The first kappa shape index (κ1) is 57.0. The molecule has 0 spiro atoms. The minimum absolute atomic E-state index is 0.00655. The summed E-state index contributed by atoms with van der Waals surface area (Å²) in [5.41, 5.74) is 6.72. The summed E-state index contributed by atoms with van der Waals surface area (Å²) < 4.78 is 47.4. The number of nitrogens with zero attached hydrogens (tertiary/aromatic N) is 3. The van der Waals surface area contributed by atoms with Gasteiger partial charge in [-0.15, -0.1) is 0 Å². The van der Waals surface area contributed by atoms with Crippen molar-refractivity contribution in [1.29, 1.82) is 0 Å². The highest BCUT2D eigenvalue weighted by Gasteiger charge is 2.37. The lowest BCUT2D eigenvalue weighted by Crippen LogP contribution is -2.53. The van der Waals surface area contributed by atoms with Gasteiger partial charge in [0.15, 0.2) is 0 Å². The average Bonchev–Trinajstić information content (AvgIpc) is 3.71. The normalized spacial score (nSPS) is 12.1. The lowest BCUT2D eigenvalue weighted by molar-refractivity contribution is -0.141. The number of nitrogens with two attached hydrogens (primary N) is 1. The van der Waals surface area contributed by atoms with Crippen molar-refractivity contribution in [2.75, 3.05) is 85.5 Å². The van der Waals surface area contributed by atoms with E-state index in [1.807, 2.05) is 55.7 Å². The summed E-state index contributed by atoms with van der Waals surface area (Å²) in [6, 6.07) is 12.4. The van der Waals surface area contributed by atoms with Crippen molar-refractivity contribution < 1.29 is 61.7 Å². The molecule has 69 heavy (non-hydrogen) atoms. The van der Waals surface area contributed by atoms with E-state index in [-0.39, 0.29) is 57.9 Å². The zero-order valence-electron chi connectivity index (χ0n) is 39.9. The SMILES string of the molecule is CCCN(CC(=O)NCC(=O)NCCCN(C(=O)CO)C(c1cc(-c2cc(F)ccc2F)cn1Cc1ccccc1)C(C)(C)C)C(=O)C(CC(N)=O)NC(=O)CCOCCOCCOCCNC=O. The molecular weight excluding hydrogens is 903 g/mol. The molecule has 2 unspecified atom stereocenters. The Hall–Kier alpha value is -6.29. The number of aromatic nitrogens is 1. The van der Waals surface area contributed by atoms with E-state index in [4.69, 9.17) is 19.9 Å². The van der Waals surface area contributed by atoms with Gasteiger partial charge in [-0.05, 0) is 48.1 Å². The molecule has 380 valence electrons. The molecule has 1 heterocycles. The van der Waals surface area contributed by atoms with Crippen molar-refractivity contribution in [2.24, 2.45) is 11.1 Å². The topological polar surface area (TPSA) is 253 Å². The number of ether oxygens (including phenoxy) is 3. The van der Waals surface area contributed by atoms with Crippen LogP contribution in [-0.2, 0) is 54.3 Å². The highest BCUT2D eigenvalue weighted by atomic mass is 19.1. The molecule has 0 saturated heterocycles. The summed E-state index contributed by atoms with van der Waals surface area (Å²) >= 11 is 0. The molecule has 3 aromatic rings. The number of aliphatic hydroxyl groups is 1. The predicted molar refractivity (Wildman–Crippen MR) is 251 cm³/mol. The molecule has 0 aliphatic rings. The molecule has 0 aliphatic carbocycles. The van der Waals surface area contributed by atoms with Gasteiger partial charge < -0.3 is 60.7 Å². The number of hydrogen-bond donors (Lipinski definition) is 6. The molecule has 21 heteroatoms. The predicted octanol–water partition coefficient (Wildman–Crippen LogP) is 1.80. The maximum atomic E-state index is 15.1. The van der Waals surface area contributed by atoms with Gasteiger partial charge in [0.1, 0.15) is 24.3 Å². The average molecular weight is 971 g/mol. The number of primary amides is 1. The lowest BCUT2D eigenvalue weighted by atomic mass is 9.83. The second-order valence-electron chi connectivity index (χ2n) is 17.1. The molecule has 7 N–H and O–H groups in total. The third kappa shape index (κ3) is 20.5. The van der Waals surface area contributed by atoms with Gasteiger partial charge in [-0.3, -0.25) is 33.6 Å². The number of hydrogen-bond acceptors (Lipinski definition) is 11. The van der Waals surface area contributed by atoms with Crippen molar-refractivity contribution in [3.63, 3.8) is 0 Å². The fraction of sp³-hybridized carbons (Fsp3) is 0.521. The van der Waals surface area contributed by atoms with Gasteiger partial charge in [0.2, 0.25) is 41.9 Å². The number of halogens is 2. The van der Waals surface area contributed by atoms with Gasteiger partial charge in [0.05, 0.1) is 65.2 Å². The Morgan fingerprint density at radius 3 is 2.17 bits per heavy atom. The van der Waals surface area contributed by atoms with E-state index >= 15 is 4.39 Å². The van der Waals surface area contributed by atoms with Crippen molar-refractivity contribution in [2.45, 2.75) is 72.0 Å². The number of carbonyl (C=O) groups is 7. The van der Waals surface area contributed by atoms with Gasteiger partial charge in [-0.2, -0.15) is 0 Å². The molecule has 0 aliphatic heterocycles. The van der Waals surface area contributed by atoms with E-state index in [9.17, 15) is 43.1 Å². The van der Waals surface area contributed by atoms with Gasteiger partial charge >= 0.3 is 0 Å². The summed E-state index contributed by atoms with van der Waals surface area (Å²) in [6.45, 7) is 8.14. The van der Waals surface area contributed by atoms with Crippen molar-refractivity contribution in [3.8, 4) is 11.1 Å². The van der Waals surface area contributed by atoms with E-state index in [2.05, 4.69) is 21.3 Å². The molecule has 0 radical (unpaired) electrons. The largest absolute Gasteiger partial charge is 0.387 e. The minimum atomic E-state index is -1.36. The van der Waals surface area contributed by atoms with Crippen LogP contribution in [0.1, 0.15) is 70.7 Å². The monoisotopic (exact) mass is 970 g/mol. The van der Waals surface area contributed by atoms with Crippen molar-refractivity contribution in [1.82, 2.24) is 35.6 Å². The first-order valence-electron chi connectivity index (χ1n) is 22.9. The summed E-state index contributed by atoms with van der Waals surface area (Å²) in [5.74, 6) is -5.24. The Balaban J connectivity index is 1.57. The van der Waals surface area contributed by atoms with Crippen LogP contribution < -0.4 is 27.0 Å². The lowest BCUT2D eigenvalue weighted by Gasteiger charge is -2.41. The molecule has 1 aromatic heterocycles. The molecule has 3 rings (SSSR count). The van der Waals surface area contributed by atoms with Crippen LogP contribution in [0.25, 0.3) is 11.1 Å². The number of aliphatic hydroxyl groups excluding tert-OH is 1. The molecule has 2 atom stereocenters. The number of rotatable bonds is 33. The standard InChI is InChI=1S/C48H68F2N8O11/c1-5-17-56(47(66)39(27-41(51)61)55-42(62)14-19-67-21-23-69-24-22-68-20-16-52-33-60)31-44(64)54-28-43(63)53-15-9-18-58(45(65)32-59)46(48(2,3)4)40-25-35(37-26-36(49)12-13-38(37)50)30-57(40)29-34-10-7-6-8-11-34/h6-8,10-13,25-26,30,33,39,46,59H,5,9,14-24,27-29,31-32H2,1-4H3,(H2,51,61)(H,52,60)(H,53,63)(H,54,64)(H,55,62). The van der Waals surface area contributed by atoms with Crippen LogP contribution in [0.2, 0.25) is 0 Å². The zero-order chi connectivity index (χ0) is 50.8. The molecule has 19 nitrogen and oxygen atoms in total. The highest BCUT2D eigenvalue weighted by Crippen LogP contribution is 2.41. The van der Waals surface area contributed by atoms with Crippen LogP contribution in [0.5, 0.6) is 0 Å². The molecule has 0 fully saturated rings. The third-order valence-electron chi connectivity index (χ3n) is 10.4. The number of amides is 7. The van der Waals surface area contributed by atoms with E-state index < -0.39 is 90.7 Å². The summed E-state index contributed by atoms with van der Waals surface area (Å²) in [6.07, 6.45) is 2.28. The smallest absolute Gasteiger partial charge is 0.248 e. The number of nitrogens with one attached hydrogen (secondary N) is 4. The molecule has 0 saturated carbocycles. The number of benzene rings is 2. The van der Waals surface area contributed by atoms with Gasteiger partial charge in [0.25, 0.3) is 0 Å².